The molecule has 0 aliphatic heterocycles. The van der Waals surface area contributed by atoms with Crippen molar-refractivity contribution in [1.29, 1.82) is 0 Å². The van der Waals surface area contributed by atoms with Crippen LogP contribution in [-0.2, 0) is 4.79 Å². The van der Waals surface area contributed by atoms with Crippen molar-refractivity contribution in [3.05, 3.63) is 33.9 Å². The summed E-state index contributed by atoms with van der Waals surface area (Å²) < 4.78 is 26.1. The van der Waals surface area contributed by atoms with Gasteiger partial charge in [0.25, 0.3) is 5.69 Å². The molecule has 1 N–H and O–H groups in total. The van der Waals surface area contributed by atoms with Gasteiger partial charge in [0.2, 0.25) is 5.91 Å². The average Bonchev–Trinajstić information content (AvgIpc) is 2.21. The van der Waals surface area contributed by atoms with Crippen LogP contribution >= 0.6 is 11.6 Å². The highest BCUT2D eigenvalue weighted by molar-refractivity contribution is 6.19. The standard InChI is InChI=1S/C9H7ClF2N2O3/c10-2-1-8(15)13-9-6(12)3-5(11)4-7(9)14(16)17/h3-4H,1-2H2,(H,13,15). The summed E-state index contributed by atoms with van der Waals surface area (Å²) in [6.07, 6.45) is -0.129. The third-order valence-corrected chi connectivity index (χ3v) is 2.01. The first-order chi connectivity index (χ1) is 7.95. The molecule has 92 valence electrons. The van der Waals surface area contributed by atoms with Crippen molar-refractivity contribution in [2.45, 2.75) is 6.42 Å². The van der Waals surface area contributed by atoms with Crippen LogP contribution in [0.3, 0.4) is 0 Å². The van der Waals surface area contributed by atoms with Crippen molar-refractivity contribution in [3.63, 3.8) is 0 Å². The Bertz CT molecular complexity index is 468. The summed E-state index contributed by atoms with van der Waals surface area (Å²) >= 11 is 5.28. The molecule has 0 radical (unpaired) electrons. The highest BCUT2D eigenvalue weighted by Gasteiger charge is 2.21. The second-order valence-corrected chi connectivity index (χ2v) is 3.40. The first-order valence-electron chi connectivity index (χ1n) is 4.45. The average molecular weight is 265 g/mol. The van der Waals surface area contributed by atoms with E-state index >= 15 is 0 Å². The summed E-state index contributed by atoms with van der Waals surface area (Å²) in [7, 11) is 0. The zero-order chi connectivity index (χ0) is 13.0. The van der Waals surface area contributed by atoms with E-state index < -0.39 is 33.8 Å². The molecule has 0 spiro atoms. The van der Waals surface area contributed by atoms with Gasteiger partial charge in [-0.1, -0.05) is 0 Å². The predicted molar refractivity (Wildman–Crippen MR) is 57.0 cm³/mol. The molecule has 0 fully saturated rings. The number of nitrogens with zero attached hydrogens (tertiary/aromatic N) is 1. The van der Waals surface area contributed by atoms with E-state index in [1.807, 2.05) is 5.32 Å². The summed E-state index contributed by atoms with van der Waals surface area (Å²) in [4.78, 5) is 20.7. The minimum atomic E-state index is -1.21. The van der Waals surface area contributed by atoms with E-state index in [4.69, 9.17) is 11.6 Å². The van der Waals surface area contributed by atoms with Crippen molar-refractivity contribution in [2.75, 3.05) is 11.2 Å². The Morgan fingerprint density at radius 2 is 2.12 bits per heavy atom. The number of benzene rings is 1. The smallest absolute Gasteiger partial charge is 0.298 e. The molecule has 1 aromatic rings. The molecule has 8 heteroatoms. The van der Waals surface area contributed by atoms with Gasteiger partial charge in [-0.2, -0.15) is 0 Å². The normalized spacial score (nSPS) is 10.1. The molecule has 0 atom stereocenters. The largest absolute Gasteiger partial charge is 0.318 e. The molecular formula is C9H7ClF2N2O3. The maximum atomic E-state index is 13.3. The number of nitrogens with one attached hydrogen (secondary N) is 1. The third kappa shape index (κ3) is 3.35. The quantitative estimate of drug-likeness (QED) is 0.516. The minimum absolute atomic E-state index is 0.0115. The van der Waals surface area contributed by atoms with Crippen LogP contribution in [0.15, 0.2) is 12.1 Å². The van der Waals surface area contributed by atoms with Crippen molar-refractivity contribution < 1.29 is 18.5 Å². The molecule has 1 aromatic carbocycles. The van der Waals surface area contributed by atoms with E-state index in [0.717, 1.165) is 0 Å². The van der Waals surface area contributed by atoms with Crippen molar-refractivity contribution in [1.82, 2.24) is 0 Å². The number of hydrogen-bond donors (Lipinski definition) is 1. The monoisotopic (exact) mass is 264 g/mol. The van der Waals surface area contributed by atoms with Crippen molar-refractivity contribution >= 4 is 28.9 Å². The van der Waals surface area contributed by atoms with E-state index in [0.29, 0.717) is 12.1 Å². The predicted octanol–water partition coefficient (Wildman–Crippen LogP) is 2.44. The first kappa shape index (κ1) is 13.3. The molecule has 0 heterocycles. The number of carbonyl (C=O) groups is 1. The van der Waals surface area contributed by atoms with Crippen molar-refractivity contribution in [3.8, 4) is 0 Å². The number of carbonyl (C=O) groups excluding carboxylic acids is 1. The fourth-order valence-corrected chi connectivity index (χ4v) is 1.29. The number of hydrogen-bond acceptors (Lipinski definition) is 3. The van der Waals surface area contributed by atoms with Crippen LogP contribution in [0.4, 0.5) is 20.2 Å². The fourth-order valence-electron chi connectivity index (χ4n) is 1.12. The molecule has 0 aliphatic rings. The SMILES string of the molecule is O=C(CCCl)Nc1c(F)cc(F)cc1[N+](=O)[O-]. The van der Waals surface area contributed by atoms with E-state index in [-0.39, 0.29) is 12.3 Å². The van der Waals surface area contributed by atoms with Crippen LogP contribution in [0.25, 0.3) is 0 Å². The number of anilines is 1. The molecule has 5 nitrogen and oxygen atoms in total. The molecule has 0 unspecified atom stereocenters. The van der Waals surface area contributed by atoms with Crippen LogP contribution in [0.1, 0.15) is 6.42 Å². The summed E-state index contributed by atoms with van der Waals surface area (Å²) in [5.74, 6) is -3.00. The minimum Gasteiger partial charge on any atom is -0.318 e. The van der Waals surface area contributed by atoms with Crippen LogP contribution in [-0.4, -0.2) is 16.7 Å². The molecule has 0 saturated carbocycles. The summed E-state index contributed by atoms with van der Waals surface area (Å²) in [5, 5.41) is 12.5. The van der Waals surface area contributed by atoms with Crippen LogP contribution in [0.2, 0.25) is 0 Å². The zero-order valence-electron chi connectivity index (χ0n) is 8.37. The van der Waals surface area contributed by atoms with Crippen LogP contribution < -0.4 is 5.32 Å². The maximum Gasteiger partial charge on any atom is 0.298 e. The Hall–Kier alpha value is -1.76. The Kier molecular flexibility index (Phi) is 4.33. The van der Waals surface area contributed by atoms with Crippen molar-refractivity contribution in [2.24, 2.45) is 0 Å². The highest BCUT2D eigenvalue weighted by atomic mass is 35.5. The van der Waals surface area contributed by atoms with Gasteiger partial charge in [0.05, 0.1) is 11.0 Å². The molecule has 0 aromatic heterocycles. The molecular weight excluding hydrogens is 258 g/mol. The first-order valence-corrected chi connectivity index (χ1v) is 4.98. The number of amides is 1. The summed E-state index contributed by atoms with van der Waals surface area (Å²) in [6.45, 7) is 0. The maximum absolute atomic E-state index is 13.3. The number of alkyl halides is 1. The number of rotatable bonds is 4. The highest BCUT2D eigenvalue weighted by Crippen LogP contribution is 2.28. The van der Waals surface area contributed by atoms with Gasteiger partial charge in [-0.25, -0.2) is 8.78 Å². The van der Waals surface area contributed by atoms with E-state index in [9.17, 15) is 23.7 Å². The summed E-state index contributed by atoms with van der Waals surface area (Å²) in [6, 6.07) is 0.975. The van der Waals surface area contributed by atoms with Crippen LogP contribution in [0.5, 0.6) is 0 Å². The Morgan fingerprint density at radius 1 is 1.47 bits per heavy atom. The third-order valence-electron chi connectivity index (χ3n) is 1.82. The number of nitro groups is 1. The molecule has 1 rings (SSSR count). The Labute approximate surface area is 99.5 Å². The molecule has 0 aliphatic carbocycles. The Morgan fingerprint density at radius 3 is 2.65 bits per heavy atom. The lowest BCUT2D eigenvalue weighted by Crippen LogP contribution is -2.14. The van der Waals surface area contributed by atoms with Gasteiger partial charge in [-0.05, 0) is 0 Å². The van der Waals surface area contributed by atoms with Gasteiger partial charge in [-0.3, -0.25) is 14.9 Å². The van der Waals surface area contributed by atoms with Gasteiger partial charge < -0.3 is 5.32 Å². The lowest BCUT2D eigenvalue weighted by atomic mass is 10.2. The van der Waals surface area contributed by atoms with Gasteiger partial charge in [0.1, 0.15) is 5.82 Å². The van der Waals surface area contributed by atoms with Gasteiger partial charge >= 0.3 is 0 Å². The van der Waals surface area contributed by atoms with Gasteiger partial charge in [0, 0.05) is 18.4 Å². The van der Waals surface area contributed by atoms with E-state index in [2.05, 4.69) is 0 Å². The van der Waals surface area contributed by atoms with Gasteiger partial charge in [0.15, 0.2) is 11.5 Å². The van der Waals surface area contributed by atoms with E-state index in [1.165, 1.54) is 0 Å². The lowest BCUT2D eigenvalue weighted by molar-refractivity contribution is -0.384. The Balaban J connectivity index is 3.12. The number of halogens is 3. The molecule has 17 heavy (non-hydrogen) atoms. The molecule has 0 bridgehead atoms. The topological polar surface area (TPSA) is 72.2 Å². The second-order valence-electron chi connectivity index (χ2n) is 3.03. The number of nitro benzene ring substituents is 1. The van der Waals surface area contributed by atoms with Crippen LogP contribution in [0, 0.1) is 21.7 Å². The second kappa shape index (κ2) is 5.53. The fraction of sp³-hybridized carbons (Fsp3) is 0.222. The van der Waals surface area contributed by atoms with Gasteiger partial charge in [-0.15, -0.1) is 11.6 Å². The van der Waals surface area contributed by atoms with E-state index in [1.54, 1.807) is 0 Å². The molecule has 0 saturated heterocycles. The molecule has 1 amide bonds. The summed E-state index contributed by atoms with van der Waals surface area (Å²) in [5.41, 5.74) is -1.50. The lowest BCUT2D eigenvalue weighted by Gasteiger charge is -2.06. The zero-order valence-corrected chi connectivity index (χ0v) is 9.13.